The van der Waals surface area contributed by atoms with E-state index in [0.717, 1.165) is 36.9 Å². The van der Waals surface area contributed by atoms with Crippen LogP contribution in [0, 0.1) is 0 Å². The van der Waals surface area contributed by atoms with Gasteiger partial charge in [0.1, 0.15) is 0 Å². The summed E-state index contributed by atoms with van der Waals surface area (Å²) in [5, 5.41) is 6.47. The molecule has 0 aliphatic carbocycles. The van der Waals surface area contributed by atoms with E-state index in [4.69, 9.17) is 11.6 Å². The summed E-state index contributed by atoms with van der Waals surface area (Å²) >= 11 is 8.06. The van der Waals surface area contributed by atoms with E-state index >= 15 is 0 Å². The summed E-state index contributed by atoms with van der Waals surface area (Å²) in [5.74, 6) is 0. The highest BCUT2D eigenvalue weighted by Crippen LogP contribution is 2.27. The molecule has 1 aliphatic rings. The smallest absolute Gasteiger partial charge is 0.0558 e. The number of thiophene rings is 1. The van der Waals surface area contributed by atoms with Crippen LogP contribution in [0.15, 0.2) is 35.8 Å². The highest BCUT2D eigenvalue weighted by Gasteiger charge is 2.22. The van der Waals surface area contributed by atoms with Crippen LogP contribution in [0.2, 0.25) is 5.02 Å². The van der Waals surface area contributed by atoms with Crippen molar-refractivity contribution in [2.45, 2.75) is 38.4 Å². The Kier molecular flexibility index (Phi) is 5.84. The second-order valence-corrected chi connectivity index (χ2v) is 7.16. The molecular weight excluding hydrogens is 314 g/mol. The van der Waals surface area contributed by atoms with Gasteiger partial charge in [-0.2, -0.15) is 0 Å². The van der Waals surface area contributed by atoms with Gasteiger partial charge in [0.15, 0.2) is 0 Å². The van der Waals surface area contributed by atoms with Gasteiger partial charge in [-0.3, -0.25) is 9.88 Å². The van der Waals surface area contributed by atoms with Crippen LogP contribution in [0.4, 0.5) is 0 Å². The summed E-state index contributed by atoms with van der Waals surface area (Å²) in [6.45, 7) is 4.03. The SMILES string of the molecule is Clc1ccsc1CN(Cc1ccccn1)C1CCCNCC1. The van der Waals surface area contributed by atoms with E-state index in [9.17, 15) is 0 Å². The monoisotopic (exact) mass is 335 g/mol. The number of pyridine rings is 1. The molecule has 1 aliphatic heterocycles. The van der Waals surface area contributed by atoms with E-state index < -0.39 is 0 Å². The topological polar surface area (TPSA) is 28.2 Å². The summed E-state index contributed by atoms with van der Waals surface area (Å²) < 4.78 is 0. The molecule has 0 aromatic carbocycles. The minimum atomic E-state index is 0.593. The molecular formula is C17H22ClN3S. The lowest BCUT2D eigenvalue weighted by Gasteiger charge is -2.30. The number of nitrogens with one attached hydrogen (secondary N) is 1. The zero-order valence-electron chi connectivity index (χ0n) is 12.7. The highest BCUT2D eigenvalue weighted by atomic mass is 35.5. The van der Waals surface area contributed by atoms with E-state index in [1.165, 1.54) is 24.1 Å². The Balaban J connectivity index is 1.76. The Bertz CT molecular complexity index is 564. The maximum atomic E-state index is 6.31. The molecule has 1 saturated heterocycles. The Morgan fingerprint density at radius 1 is 1.23 bits per heavy atom. The molecule has 118 valence electrons. The zero-order chi connectivity index (χ0) is 15.2. The van der Waals surface area contributed by atoms with Gasteiger partial charge < -0.3 is 5.32 Å². The summed E-state index contributed by atoms with van der Waals surface area (Å²) in [6.07, 6.45) is 5.54. The molecule has 3 rings (SSSR count). The van der Waals surface area contributed by atoms with E-state index in [0.29, 0.717) is 6.04 Å². The molecule has 5 heteroatoms. The normalized spacial score (nSPS) is 19.3. The molecule has 3 heterocycles. The summed E-state index contributed by atoms with van der Waals surface area (Å²) in [7, 11) is 0. The number of nitrogens with zero attached hydrogens (tertiary/aromatic N) is 2. The molecule has 0 radical (unpaired) electrons. The third-order valence-corrected chi connectivity index (χ3v) is 5.56. The third kappa shape index (κ3) is 4.29. The van der Waals surface area contributed by atoms with Crippen molar-refractivity contribution < 1.29 is 0 Å². The minimum absolute atomic E-state index is 0.593. The first-order valence-electron chi connectivity index (χ1n) is 7.89. The quantitative estimate of drug-likeness (QED) is 0.897. The van der Waals surface area contributed by atoms with Crippen molar-refractivity contribution in [3.05, 3.63) is 51.4 Å². The predicted octanol–water partition coefficient (Wildman–Crippen LogP) is 3.94. The van der Waals surface area contributed by atoms with E-state index in [1.807, 2.05) is 18.3 Å². The number of hydrogen-bond acceptors (Lipinski definition) is 4. The molecule has 0 saturated carbocycles. The van der Waals surface area contributed by atoms with Crippen LogP contribution < -0.4 is 5.32 Å². The minimum Gasteiger partial charge on any atom is -0.317 e. The lowest BCUT2D eigenvalue weighted by atomic mass is 10.1. The fourth-order valence-corrected chi connectivity index (χ4v) is 4.12. The molecule has 2 aromatic heterocycles. The van der Waals surface area contributed by atoms with Gasteiger partial charge in [-0.05, 0) is 55.9 Å². The van der Waals surface area contributed by atoms with E-state index in [2.05, 4.69) is 32.7 Å². The predicted molar refractivity (Wildman–Crippen MR) is 93.3 cm³/mol. The first-order valence-corrected chi connectivity index (χ1v) is 9.15. The molecule has 1 fully saturated rings. The van der Waals surface area contributed by atoms with Gasteiger partial charge in [-0.25, -0.2) is 0 Å². The Hall–Kier alpha value is -0.940. The van der Waals surface area contributed by atoms with Crippen LogP contribution in [-0.4, -0.2) is 29.0 Å². The van der Waals surface area contributed by atoms with Crippen LogP contribution in [0.1, 0.15) is 29.8 Å². The van der Waals surface area contributed by atoms with Gasteiger partial charge in [0.25, 0.3) is 0 Å². The lowest BCUT2D eigenvalue weighted by molar-refractivity contribution is 0.164. The van der Waals surface area contributed by atoms with Gasteiger partial charge in [0, 0.05) is 30.2 Å². The van der Waals surface area contributed by atoms with Crippen molar-refractivity contribution in [3.8, 4) is 0 Å². The Morgan fingerprint density at radius 2 is 2.18 bits per heavy atom. The standard InChI is InChI=1S/C17H22ClN3S/c18-16-7-11-22-17(16)13-21(12-14-4-1-2-9-20-14)15-5-3-8-19-10-6-15/h1-2,4,7,9,11,15,19H,3,5-6,8,10,12-13H2. The fourth-order valence-electron chi connectivity index (χ4n) is 3.00. The van der Waals surface area contributed by atoms with Crippen LogP contribution in [0.3, 0.4) is 0 Å². The molecule has 0 spiro atoms. The Labute approximate surface area is 141 Å². The van der Waals surface area contributed by atoms with Gasteiger partial charge in [0.2, 0.25) is 0 Å². The number of halogens is 1. The van der Waals surface area contributed by atoms with Crippen LogP contribution >= 0.6 is 22.9 Å². The van der Waals surface area contributed by atoms with Gasteiger partial charge in [-0.15, -0.1) is 11.3 Å². The second kappa shape index (κ2) is 8.06. The molecule has 0 amide bonds. The lowest BCUT2D eigenvalue weighted by Crippen LogP contribution is -2.35. The maximum Gasteiger partial charge on any atom is 0.0558 e. The van der Waals surface area contributed by atoms with Crippen molar-refractivity contribution in [3.63, 3.8) is 0 Å². The van der Waals surface area contributed by atoms with Gasteiger partial charge in [0.05, 0.1) is 10.7 Å². The zero-order valence-corrected chi connectivity index (χ0v) is 14.2. The van der Waals surface area contributed by atoms with Crippen LogP contribution in [0.5, 0.6) is 0 Å². The maximum absolute atomic E-state index is 6.31. The summed E-state index contributed by atoms with van der Waals surface area (Å²) in [5.41, 5.74) is 1.13. The van der Waals surface area contributed by atoms with E-state index in [-0.39, 0.29) is 0 Å². The molecule has 22 heavy (non-hydrogen) atoms. The molecule has 2 aromatic rings. The fraction of sp³-hybridized carbons (Fsp3) is 0.471. The first-order chi connectivity index (χ1) is 10.8. The summed E-state index contributed by atoms with van der Waals surface area (Å²) in [6, 6.07) is 8.73. The second-order valence-electron chi connectivity index (χ2n) is 5.75. The number of hydrogen-bond donors (Lipinski definition) is 1. The number of aromatic nitrogens is 1. The average Bonchev–Trinajstić information content (AvgIpc) is 2.79. The molecule has 1 unspecified atom stereocenters. The molecule has 0 bridgehead atoms. The van der Waals surface area contributed by atoms with Crippen LogP contribution in [0.25, 0.3) is 0 Å². The largest absolute Gasteiger partial charge is 0.317 e. The molecule has 1 atom stereocenters. The van der Waals surface area contributed by atoms with E-state index in [1.54, 1.807) is 11.3 Å². The first kappa shape index (κ1) is 15.9. The average molecular weight is 336 g/mol. The van der Waals surface area contributed by atoms with Crippen molar-refractivity contribution in [2.24, 2.45) is 0 Å². The van der Waals surface area contributed by atoms with Gasteiger partial charge >= 0.3 is 0 Å². The highest BCUT2D eigenvalue weighted by molar-refractivity contribution is 7.10. The molecule has 1 N–H and O–H groups in total. The van der Waals surface area contributed by atoms with Crippen molar-refractivity contribution in [1.29, 1.82) is 0 Å². The molecule has 3 nitrogen and oxygen atoms in total. The number of rotatable bonds is 5. The Morgan fingerprint density at radius 3 is 2.95 bits per heavy atom. The summed E-state index contributed by atoms with van der Waals surface area (Å²) in [4.78, 5) is 8.31. The van der Waals surface area contributed by atoms with Crippen LogP contribution in [-0.2, 0) is 13.1 Å². The van der Waals surface area contributed by atoms with Gasteiger partial charge in [-0.1, -0.05) is 17.7 Å². The third-order valence-electron chi connectivity index (χ3n) is 4.19. The van der Waals surface area contributed by atoms with Crippen molar-refractivity contribution >= 4 is 22.9 Å². The van der Waals surface area contributed by atoms with Crippen molar-refractivity contribution in [1.82, 2.24) is 15.2 Å². The van der Waals surface area contributed by atoms with Crippen molar-refractivity contribution in [2.75, 3.05) is 13.1 Å².